The van der Waals surface area contributed by atoms with E-state index in [-0.39, 0.29) is 0 Å². The second kappa shape index (κ2) is 8.14. The highest BCUT2D eigenvalue weighted by molar-refractivity contribution is 5.39. The topological polar surface area (TPSA) is 17.8 Å². The van der Waals surface area contributed by atoms with Crippen molar-refractivity contribution in [1.29, 1.82) is 0 Å². The molecule has 0 fully saturated rings. The molecule has 0 atom stereocenters. The molecule has 0 aromatic carbocycles. The lowest BCUT2D eigenvalue weighted by atomic mass is 10.1. The summed E-state index contributed by atoms with van der Waals surface area (Å²) in [4.78, 5) is 4.25. The molecule has 0 N–H and O–H groups in total. The fourth-order valence-electron chi connectivity index (χ4n) is 1.77. The van der Waals surface area contributed by atoms with Crippen LogP contribution in [-0.2, 0) is 7.05 Å². The van der Waals surface area contributed by atoms with Gasteiger partial charge in [-0.25, -0.2) is 4.98 Å². The Morgan fingerprint density at radius 2 is 1.94 bits per heavy atom. The van der Waals surface area contributed by atoms with Crippen LogP contribution < -0.4 is 0 Å². The molecule has 1 rings (SSSR count). The molecule has 0 bridgehead atoms. The van der Waals surface area contributed by atoms with E-state index in [0.29, 0.717) is 0 Å². The molecule has 0 radical (unpaired) electrons. The fraction of sp³-hybridized carbons (Fsp3) is 0.643. The Hall–Kier alpha value is -1.05. The van der Waals surface area contributed by atoms with Crippen molar-refractivity contribution in [3.05, 3.63) is 24.3 Å². The number of unbranched alkanes of at least 4 members (excludes halogenated alkanes) is 6. The summed E-state index contributed by atoms with van der Waals surface area (Å²) in [7, 11) is 2.03. The van der Waals surface area contributed by atoms with Crippen molar-refractivity contribution in [2.75, 3.05) is 0 Å². The predicted molar refractivity (Wildman–Crippen MR) is 70.2 cm³/mol. The van der Waals surface area contributed by atoms with Crippen LogP contribution in [0, 0.1) is 0 Å². The maximum atomic E-state index is 4.25. The number of allylic oxidation sites excluding steroid dienone is 1. The Labute approximate surface area is 99.4 Å². The molecule has 0 saturated carbocycles. The molecule has 0 saturated heterocycles. The molecular weight excluding hydrogens is 196 g/mol. The number of imidazole rings is 1. The third kappa shape index (κ3) is 5.15. The molecule has 0 unspecified atom stereocenters. The lowest BCUT2D eigenvalue weighted by Gasteiger charge is -1.98. The lowest BCUT2D eigenvalue weighted by molar-refractivity contribution is 0.611. The van der Waals surface area contributed by atoms with Gasteiger partial charge < -0.3 is 4.57 Å². The van der Waals surface area contributed by atoms with Crippen molar-refractivity contribution in [3.8, 4) is 0 Å². The second-order valence-electron chi connectivity index (χ2n) is 4.36. The molecule has 0 aliphatic carbocycles. The maximum Gasteiger partial charge on any atom is 0.131 e. The van der Waals surface area contributed by atoms with Gasteiger partial charge in [0.25, 0.3) is 0 Å². The van der Waals surface area contributed by atoms with Crippen LogP contribution in [0.3, 0.4) is 0 Å². The fourth-order valence-corrected chi connectivity index (χ4v) is 1.77. The molecule has 0 aliphatic heterocycles. The van der Waals surface area contributed by atoms with Gasteiger partial charge in [0.1, 0.15) is 5.82 Å². The Bertz CT molecular complexity index is 299. The second-order valence-corrected chi connectivity index (χ2v) is 4.36. The third-order valence-electron chi connectivity index (χ3n) is 2.85. The standard InChI is InChI=1S/C14H24N2/c1-3-4-5-6-7-8-9-10-11-14-15-12-13-16(14)2/h10-13H,3-9H2,1-2H3. The Morgan fingerprint density at radius 3 is 2.62 bits per heavy atom. The van der Waals surface area contributed by atoms with Crippen LogP contribution in [0.5, 0.6) is 0 Å². The van der Waals surface area contributed by atoms with E-state index in [9.17, 15) is 0 Å². The van der Waals surface area contributed by atoms with Gasteiger partial charge in [-0.2, -0.15) is 0 Å². The molecule has 0 aliphatic rings. The minimum atomic E-state index is 1.05. The van der Waals surface area contributed by atoms with Crippen LogP contribution in [0.4, 0.5) is 0 Å². The van der Waals surface area contributed by atoms with Gasteiger partial charge in [0.2, 0.25) is 0 Å². The van der Waals surface area contributed by atoms with Crippen molar-refractivity contribution in [2.24, 2.45) is 7.05 Å². The van der Waals surface area contributed by atoms with Gasteiger partial charge in [0.15, 0.2) is 0 Å². The molecule has 16 heavy (non-hydrogen) atoms. The first-order valence-electron chi connectivity index (χ1n) is 6.48. The Kier molecular flexibility index (Phi) is 6.62. The smallest absolute Gasteiger partial charge is 0.131 e. The summed E-state index contributed by atoms with van der Waals surface area (Å²) in [6.07, 6.45) is 17.5. The molecule has 0 spiro atoms. The van der Waals surface area contributed by atoms with Crippen molar-refractivity contribution in [3.63, 3.8) is 0 Å². The number of aryl methyl sites for hydroxylation is 1. The highest BCUT2D eigenvalue weighted by atomic mass is 15.0. The molecule has 1 aromatic heterocycles. The highest BCUT2D eigenvalue weighted by Crippen LogP contribution is 2.08. The van der Waals surface area contributed by atoms with Gasteiger partial charge in [-0.1, -0.05) is 45.1 Å². The van der Waals surface area contributed by atoms with Gasteiger partial charge in [0.05, 0.1) is 0 Å². The molecule has 1 aromatic rings. The zero-order valence-corrected chi connectivity index (χ0v) is 10.7. The number of nitrogens with zero attached hydrogens (tertiary/aromatic N) is 2. The minimum absolute atomic E-state index is 1.05. The SMILES string of the molecule is CCCCCCCCC=Cc1nccn1C. The Morgan fingerprint density at radius 1 is 1.19 bits per heavy atom. The molecule has 90 valence electrons. The average Bonchev–Trinajstić information content (AvgIpc) is 2.68. The van der Waals surface area contributed by atoms with Crippen LogP contribution in [-0.4, -0.2) is 9.55 Å². The quantitative estimate of drug-likeness (QED) is 0.601. The Balaban J connectivity index is 2.03. The van der Waals surface area contributed by atoms with Crippen molar-refractivity contribution >= 4 is 6.08 Å². The van der Waals surface area contributed by atoms with E-state index < -0.39 is 0 Å². The van der Waals surface area contributed by atoms with E-state index in [2.05, 4.69) is 24.1 Å². The first kappa shape index (κ1) is 13.0. The van der Waals surface area contributed by atoms with Gasteiger partial charge in [-0.3, -0.25) is 0 Å². The van der Waals surface area contributed by atoms with Crippen LogP contribution in [0.2, 0.25) is 0 Å². The van der Waals surface area contributed by atoms with E-state index in [1.54, 1.807) is 0 Å². The van der Waals surface area contributed by atoms with Crippen LogP contribution >= 0.6 is 0 Å². The predicted octanol–water partition coefficient (Wildman–Crippen LogP) is 4.18. The normalized spacial score (nSPS) is 11.4. The van der Waals surface area contributed by atoms with Crippen molar-refractivity contribution in [2.45, 2.75) is 51.9 Å². The van der Waals surface area contributed by atoms with Crippen LogP contribution in [0.25, 0.3) is 6.08 Å². The molecule has 2 nitrogen and oxygen atoms in total. The summed E-state index contributed by atoms with van der Waals surface area (Å²) in [5.41, 5.74) is 0. The van der Waals surface area contributed by atoms with Crippen LogP contribution in [0.1, 0.15) is 57.7 Å². The number of hydrogen-bond donors (Lipinski definition) is 0. The molecule has 0 amide bonds. The van der Waals surface area contributed by atoms with E-state index in [0.717, 1.165) is 5.82 Å². The summed E-state index contributed by atoms with van der Waals surface area (Å²) in [5, 5.41) is 0. The number of aromatic nitrogens is 2. The summed E-state index contributed by atoms with van der Waals surface area (Å²) in [5.74, 6) is 1.05. The average molecular weight is 220 g/mol. The minimum Gasteiger partial charge on any atom is -0.335 e. The maximum absolute atomic E-state index is 4.25. The monoisotopic (exact) mass is 220 g/mol. The largest absolute Gasteiger partial charge is 0.335 e. The zero-order chi connectivity index (χ0) is 11.6. The van der Waals surface area contributed by atoms with Gasteiger partial charge in [-0.15, -0.1) is 0 Å². The summed E-state index contributed by atoms with van der Waals surface area (Å²) in [6.45, 7) is 2.26. The highest BCUT2D eigenvalue weighted by Gasteiger charge is 1.92. The van der Waals surface area contributed by atoms with E-state index in [1.165, 1.54) is 44.9 Å². The number of hydrogen-bond acceptors (Lipinski definition) is 1. The summed E-state index contributed by atoms with van der Waals surface area (Å²) < 4.78 is 2.04. The molecule has 1 heterocycles. The zero-order valence-electron chi connectivity index (χ0n) is 10.7. The lowest BCUT2D eigenvalue weighted by Crippen LogP contribution is -1.88. The molecule has 2 heteroatoms. The van der Waals surface area contributed by atoms with Gasteiger partial charge in [0, 0.05) is 19.4 Å². The van der Waals surface area contributed by atoms with E-state index >= 15 is 0 Å². The summed E-state index contributed by atoms with van der Waals surface area (Å²) in [6, 6.07) is 0. The first-order valence-corrected chi connectivity index (χ1v) is 6.48. The third-order valence-corrected chi connectivity index (χ3v) is 2.85. The number of rotatable bonds is 8. The van der Waals surface area contributed by atoms with Crippen LogP contribution in [0.15, 0.2) is 18.5 Å². The van der Waals surface area contributed by atoms with Gasteiger partial charge in [-0.05, 0) is 18.9 Å². The van der Waals surface area contributed by atoms with Gasteiger partial charge >= 0.3 is 0 Å². The molecular formula is C14H24N2. The first-order chi connectivity index (χ1) is 7.84. The van der Waals surface area contributed by atoms with E-state index in [4.69, 9.17) is 0 Å². The summed E-state index contributed by atoms with van der Waals surface area (Å²) >= 11 is 0. The van der Waals surface area contributed by atoms with Crippen molar-refractivity contribution in [1.82, 2.24) is 9.55 Å². The van der Waals surface area contributed by atoms with Crippen molar-refractivity contribution < 1.29 is 0 Å². The van der Waals surface area contributed by atoms with E-state index in [1.807, 2.05) is 24.0 Å².